The molecular weight excluding hydrogens is 353 g/mol. The van der Waals surface area contributed by atoms with Crippen LogP contribution < -0.4 is 0 Å². The number of carbonyl (C=O) groups is 1. The van der Waals surface area contributed by atoms with Gasteiger partial charge in [-0.1, -0.05) is 29.3 Å². The van der Waals surface area contributed by atoms with Crippen molar-refractivity contribution in [3.8, 4) is 11.3 Å². The molecule has 0 radical (unpaired) electrons. The highest BCUT2D eigenvalue weighted by atomic mass is 79.9. The summed E-state index contributed by atoms with van der Waals surface area (Å²) in [5.74, 6) is -0.965. The summed E-state index contributed by atoms with van der Waals surface area (Å²) in [6.45, 7) is 2.41. The summed E-state index contributed by atoms with van der Waals surface area (Å²) in [6.07, 6.45) is 0. The Labute approximate surface area is 128 Å². The van der Waals surface area contributed by atoms with Crippen molar-refractivity contribution in [2.75, 3.05) is 0 Å². The van der Waals surface area contributed by atoms with Crippen LogP contribution in [0, 0.1) is 0 Å². The SMILES string of the molecule is CCn1c(C(=O)O)ccc1-c1ccc(Br)c(Cl)c1Cl. The third-order valence-electron chi connectivity index (χ3n) is 2.83. The van der Waals surface area contributed by atoms with Gasteiger partial charge in [0.05, 0.1) is 15.7 Å². The van der Waals surface area contributed by atoms with Crippen LogP contribution in [0.15, 0.2) is 28.7 Å². The lowest BCUT2D eigenvalue weighted by molar-refractivity contribution is 0.0685. The molecule has 0 atom stereocenters. The standard InChI is InChI=1S/C13H10BrCl2NO2/c1-2-17-9(5-6-10(17)13(18)19)7-3-4-8(14)12(16)11(7)15/h3-6H,2H2,1H3,(H,18,19). The number of carboxylic acid groups (broad SMARTS) is 1. The molecule has 100 valence electrons. The predicted octanol–water partition coefficient (Wildman–Crippen LogP) is 4.94. The molecule has 2 rings (SSSR count). The van der Waals surface area contributed by atoms with Crippen LogP contribution in [-0.2, 0) is 6.54 Å². The lowest BCUT2D eigenvalue weighted by Gasteiger charge is -2.12. The van der Waals surface area contributed by atoms with Crippen LogP contribution in [0.2, 0.25) is 10.0 Å². The van der Waals surface area contributed by atoms with Gasteiger partial charge in [0.25, 0.3) is 0 Å². The molecule has 2 aromatic rings. The summed E-state index contributed by atoms with van der Waals surface area (Å²) in [6, 6.07) is 6.90. The van der Waals surface area contributed by atoms with Crippen molar-refractivity contribution in [3.05, 3.63) is 44.5 Å². The summed E-state index contributed by atoms with van der Waals surface area (Å²) >= 11 is 15.6. The second kappa shape index (κ2) is 5.57. The zero-order chi connectivity index (χ0) is 14.2. The zero-order valence-corrected chi connectivity index (χ0v) is 13.1. The van der Waals surface area contributed by atoms with E-state index in [-0.39, 0.29) is 5.69 Å². The van der Waals surface area contributed by atoms with Crippen LogP contribution in [0.1, 0.15) is 17.4 Å². The maximum absolute atomic E-state index is 11.1. The molecule has 0 saturated carbocycles. The summed E-state index contributed by atoms with van der Waals surface area (Å²) in [7, 11) is 0. The second-order valence-corrected chi connectivity index (χ2v) is 5.49. The second-order valence-electron chi connectivity index (χ2n) is 3.88. The number of aromatic nitrogens is 1. The number of halogens is 3. The molecule has 0 unspecified atom stereocenters. The molecular formula is C13H10BrCl2NO2. The van der Waals surface area contributed by atoms with E-state index in [4.69, 9.17) is 28.3 Å². The van der Waals surface area contributed by atoms with Crippen molar-refractivity contribution in [3.63, 3.8) is 0 Å². The highest BCUT2D eigenvalue weighted by molar-refractivity contribution is 9.10. The van der Waals surface area contributed by atoms with Crippen molar-refractivity contribution < 1.29 is 9.90 Å². The van der Waals surface area contributed by atoms with Gasteiger partial charge in [-0.05, 0) is 41.1 Å². The minimum Gasteiger partial charge on any atom is -0.477 e. The minimum atomic E-state index is -0.965. The minimum absolute atomic E-state index is 0.229. The van der Waals surface area contributed by atoms with Crippen LogP contribution in [0.5, 0.6) is 0 Å². The lowest BCUT2D eigenvalue weighted by atomic mass is 10.1. The normalized spacial score (nSPS) is 10.7. The van der Waals surface area contributed by atoms with Gasteiger partial charge >= 0.3 is 5.97 Å². The zero-order valence-electron chi connectivity index (χ0n) is 9.95. The third kappa shape index (κ3) is 2.53. The van der Waals surface area contributed by atoms with Crippen molar-refractivity contribution in [2.24, 2.45) is 0 Å². The summed E-state index contributed by atoms with van der Waals surface area (Å²) in [4.78, 5) is 11.1. The molecule has 1 aromatic carbocycles. The maximum atomic E-state index is 11.1. The maximum Gasteiger partial charge on any atom is 0.352 e. The highest BCUT2D eigenvalue weighted by Crippen LogP contribution is 2.38. The quantitative estimate of drug-likeness (QED) is 0.785. The van der Waals surface area contributed by atoms with Gasteiger partial charge in [0.1, 0.15) is 5.69 Å². The predicted molar refractivity (Wildman–Crippen MR) is 80.2 cm³/mol. The number of hydrogen-bond acceptors (Lipinski definition) is 1. The monoisotopic (exact) mass is 361 g/mol. The Hall–Kier alpha value is -0.970. The van der Waals surface area contributed by atoms with Gasteiger partial charge in [-0.15, -0.1) is 0 Å². The van der Waals surface area contributed by atoms with Crippen molar-refractivity contribution in [1.29, 1.82) is 0 Å². The average Bonchev–Trinajstić information content (AvgIpc) is 2.80. The van der Waals surface area contributed by atoms with Gasteiger partial charge < -0.3 is 9.67 Å². The van der Waals surface area contributed by atoms with Crippen molar-refractivity contribution >= 4 is 45.1 Å². The molecule has 1 heterocycles. The molecule has 0 aliphatic rings. The van der Waals surface area contributed by atoms with E-state index in [9.17, 15) is 4.79 Å². The summed E-state index contributed by atoms with van der Waals surface area (Å²) < 4.78 is 2.39. The van der Waals surface area contributed by atoms with Crippen LogP contribution in [-0.4, -0.2) is 15.6 Å². The van der Waals surface area contributed by atoms with E-state index >= 15 is 0 Å². The van der Waals surface area contributed by atoms with E-state index in [1.807, 2.05) is 13.0 Å². The molecule has 1 aromatic heterocycles. The number of aromatic carboxylic acids is 1. The van der Waals surface area contributed by atoms with Gasteiger partial charge in [0.2, 0.25) is 0 Å². The molecule has 3 nitrogen and oxygen atoms in total. The van der Waals surface area contributed by atoms with E-state index in [0.717, 1.165) is 5.69 Å². The first-order chi connectivity index (χ1) is 8.97. The molecule has 0 saturated heterocycles. The molecule has 6 heteroatoms. The number of hydrogen-bond donors (Lipinski definition) is 1. The van der Waals surface area contributed by atoms with Crippen LogP contribution in [0.25, 0.3) is 11.3 Å². The Morgan fingerprint density at radius 2 is 1.95 bits per heavy atom. The van der Waals surface area contributed by atoms with E-state index < -0.39 is 5.97 Å². The fraction of sp³-hybridized carbons (Fsp3) is 0.154. The smallest absolute Gasteiger partial charge is 0.352 e. The Morgan fingerprint density at radius 1 is 1.26 bits per heavy atom. The highest BCUT2D eigenvalue weighted by Gasteiger charge is 2.17. The fourth-order valence-corrected chi connectivity index (χ4v) is 2.82. The van der Waals surface area contributed by atoms with Gasteiger partial charge in [-0.25, -0.2) is 4.79 Å². The molecule has 0 aliphatic heterocycles. The molecule has 0 spiro atoms. The first kappa shape index (κ1) is 14.4. The van der Waals surface area contributed by atoms with E-state index in [1.54, 1.807) is 22.8 Å². The van der Waals surface area contributed by atoms with E-state index in [1.165, 1.54) is 0 Å². The average molecular weight is 363 g/mol. The molecule has 19 heavy (non-hydrogen) atoms. The molecule has 0 fully saturated rings. The number of rotatable bonds is 3. The van der Waals surface area contributed by atoms with Crippen LogP contribution in [0.4, 0.5) is 0 Å². The number of nitrogens with zero attached hydrogens (tertiary/aromatic N) is 1. The topological polar surface area (TPSA) is 42.2 Å². The molecule has 0 bridgehead atoms. The van der Waals surface area contributed by atoms with Crippen LogP contribution in [0.3, 0.4) is 0 Å². The van der Waals surface area contributed by atoms with E-state index in [2.05, 4.69) is 15.9 Å². The van der Waals surface area contributed by atoms with Gasteiger partial charge in [0, 0.05) is 16.6 Å². The Bertz CT molecular complexity index is 652. The van der Waals surface area contributed by atoms with Crippen LogP contribution >= 0.6 is 39.1 Å². The Balaban J connectivity index is 2.66. The Kier molecular flexibility index (Phi) is 4.23. The van der Waals surface area contributed by atoms with Crippen molar-refractivity contribution in [1.82, 2.24) is 4.57 Å². The lowest BCUT2D eigenvalue weighted by Crippen LogP contribution is -2.08. The first-order valence-corrected chi connectivity index (χ1v) is 7.09. The Morgan fingerprint density at radius 3 is 2.53 bits per heavy atom. The summed E-state index contributed by atoms with van der Waals surface area (Å²) in [5.41, 5.74) is 1.68. The number of benzene rings is 1. The molecule has 0 aliphatic carbocycles. The van der Waals surface area contributed by atoms with Crippen molar-refractivity contribution in [2.45, 2.75) is 13.5 Å². The number of carboxylic acids is 1. The molecule has 0 amide bonds. The van der Waals surface area contributed by atoms with E-state index in [0.29, 0.717) is 26.6 Å². The van der Waals surface area contributed by atoms with Gasteiger partial charge in [-0.3, -0.25) is 0 Å². The first-order valence-electron chi connectivity index (χ1n) is 5.54. The van der Waals surface area contributed by atoms with Gasteiger partial charge in [-0.2, -0.15) is 0 Å². The fourth-order valence-electron chi connectivity index (χ4n) is 1.95. The molecule has 1 N–H and O–H groups in total. The van der Waals surface area contributed by atoms with Gasteiger partial charge in [0.15, 0.2) is 0 Å². The largest absolute Gasteiger partial charge is 0.477 e. The third-order valence-corrected chi connectivity index (χ3v) is 4.60. The summed E-state index contributed by atoms with van der Waals surface area (Å²) in [5, 5.41) is 9.96.